The summed E-state index contributed by atoms with van der Waals surface area (Å²) in [6.07, 6.45) is 13.4. The van der Waals surface area contributed by atoms with E-state index >= 15 is 0 Å². The van der Waals surface area contributed by atoms with Crippen molar-refractivity contribution < 1.29 is 4.79 Å². The summed E-state index contributed by atoms with van der Waals surface area (Å²) in [6.45, 7) is 4.70. The Bertz CT molecular complexity index is 1010. The van der Waals surface area contributed by atoms with Crippen LogP contribution in [0.5, 0.6) is 0 Å². The zero-order valence-electron chi connectivity index (χ0n) is 18.3. The quantitative estimate of drug-likeness (QED) is 0.669. The van der Waals surface area contributed by atoms with Gasteiger partial charge < -0.3 is 15.2 Å². The summed E-state index contributed by atoms with van der Waals surface area (Å²) in [5, 5.41) is 15.4. The molecule has 1 amide bonds. The highest BCUT2D eigenvalue weighted by molar-refractivity contribution is 5.82. The highest BCUT2D eigenvalue weighted by Gasteiger charge is 2.25. The highest BCUT2D eigenvalue weighted by atomic mass is 16.2. The maximum atomic E-state index is 12.7. The third-order valence-corrected chi connectivity index (χ3v) is 5.97. The molecular weight excluding hydrogens is 400 g/mol. The zero-order chi connectivity index (χ0) is 22.2. The van der Waals surface area contributed by atoms with Crippen LogP contribution >= 0.6 is 0 Å². The smallest absolute Gasteiger partial charge is 0.238 e. The van der Waals surface area contributed by atoms with E-state index in [4.69, 9.17) is 5.26 Å². The first kappa shape index (κ1) is 22.0. The summed E-state index contributed by atoms with van der Waals surface area (Å²) < 4.78 is 2.08. The Morgan fingerprint density at radius 1 is 1.25 bits per heavy atom. The Morgan fingerprint density at radius 2 is 2.12 bits per heavy atom. The van der Waals surface area contributed by atoms with Crippen molar-refractivity contribution >= 4 is 5.91 Å². The van der Waals surface area contributed by atoms with Crippen LogP contribution in [0.1, 0.15) is 29.7 Å². The SMILES string of the molecule is N#Cc1ccc(Cn2cncc2CCNC(=O)C2CN(CC3=CCCC=C3)CCN2)cc1. The van der Waals surface area contributed by atoms with Crippen molar-refractivity contribution in [3.63, 3.8) is 0 Å². The molecule has 2 heterocycles. The first-order chi connectivity index (χ1) is 15.7. The maximum absolute atomic E-state index is 12.7. The monoisotopic (exact) mass is 430 g/mol. The van der Waals surface area contributed by atoms with Gasteiger partial charge in [0.05, 0.1) is 24.0 Å². The van der Waals surface area contributed by atoms with Crippen LogP contribution < -0.4 is 10.6 Å². The molecule has 0 spiro atoms. The molecule has 1 aliphatic heterocycles. The minimum Gasteiger partial charge on any atom is -0.354 e. The Morgan fingerprint density at radius 3 is 2.91 bits per heavy atom. The first-order valence-electron chi connectivity index (χ1n) is 11.3. The van der Waals surface area contributed by atoms with E-state index in [2.05, 4.69) is 49.4 Å². The lowest BCUT2D eigenvalue weighted by atomic mass is 10.1. The Balaban J connectivity index is 1.24. The van der Waals surface area contributed by atoms with E-state index in [0.717, 1.165) is 56.7 Å². The number of amides is 1. The second kappa shape index (κ2) is 10.9. The molecule has 1 fully saturated rings. The second-order valence-corrected chi connectivity index (χ2v) is 8.36. The molecule has 7 heteroatoms. The molecule has 2 aliphatic rings. The minimum atomic E-state index is -0.180. The molecule has 7 nitrogen and oxygen atoms in total. The van der Waals surface area contributed by atoms with Crippen molar-refractivity contribution in [1.29, 1.82) is 5.26 Å². The third kappa shape index (κ3) is 5.94. The highest BCUT2D eigenvalue weighted by Crippen LogP contribution is 2.13. The standard InChI is InChI=1S/C25H30N6O/c26-14-20-6-8-22(9-7-20)17-31-19-27-15-23(31)10-11-29-25(32)24-18-30(13-12-28-24)16-21-4-2-1-3-5-21/h2,4-9,15,19,24,28H,1,3,10-13,16-18H2,(H,29,32). The van der Waals surface area contributed by atoms with Crippen LogP contribution in [0.2, 0.25) is 0 Å². The molecule has 0 radical (unpaired) electrons. The van der Waals surface area contributed by atoms with Gasteiger partial charge in [-0.25, -0.2) is 4.98 Å². The van der Waals surface area contributed by atoms with E-state index < -0.39 is 0 Å². The number of aromatic nitrogens is 2. The summed E-state index contributed by atoms with van der Waals surface area (Å²) in [6, 6.07) is 9.54. The van der Waals surface area contributed by atoms with Gasteiger partial charge in [-0.2, -0.15) is 5.26 Å². The molecule has 32 heavy (non-hydrogen) atoms. The number of hydrogen-bond donors (Lipinski definition) is 2. The van der Waals surface area contributed by atoms with Gasteiger partial charge in [0.2, 0.25) is 5.91 Å². The largest absolute Gasteiger partial charge is 0.354 e. The summed E-state index contributed by atoms with van der Waals surface area (Å²) in [7, 11) is 0. The number of rotatable bonds is 8. The van der Waals surface area contributed by atoms with Crippen molar-refractivity contribution in [3.05, 3.63) is 77.4 Å². The van der Waals surface area contributed by atoms with Gasteiger partial charge in [-0.05, 0) is 36.1 Å². The zero-order valence-corrected chi connectivity index (χ0v) is 18.3. The fraction of sp³-hybridized carbons (Fsp3) is 0.400. The summed E-state index contributed by atoms with van der Waals surface area (Å²) >= 11 is 0. The van der Waals surface area contributed by atoms with E-state index in [1.807, 2.05) is 36.8 Å². The number of piperazine rings is 1. The number of carbonyl (C=O) groups excluding carboxylic acids is 1. The molecule has 4 rings (SSSR count). The van der Waals surface area contributed by atoms with Gasteiger partial charge in [0, 0.05) is 57.6 Å². The predicted octanol–water partition coefficient (Wildman–Crippen LogP) is 2.01. The number of nitriles is 1. The maximum Gasteiger partial charge on any atom is 0.238 e. The van der Waals surface area contributed by atoms with Gasteiger partial charge in [-0.15, -0.1) is 0 Å². The molecule has 1 aliphatic carbocycles. The van der Waals surface area contributed by atoms with Gasteiger partial charge >= 0.3 is 0 Å². The number of hydrogen-bond acceptors (Lipinski definition) is 5. The van der Waals surface area contributed by atoms with Crippen molar-refractivity contribution in [3.8, 4) is 6.07 Å². The lowest BCUT2D eigenvalue weighted by Gasteiger charge is -2.33. The Hall–Kier alpha value is -3.21. The molecule has 1 saturated heterocycles. The molecule has 1 aromatic heterocycles. The number of allylic oxidation sites excluding steroid dienone is 2. The van der Waals surface area contributed by atoms with Crippen LogP contribution in [-0.4, -0.2) is 59.1 Å². The molecule has 166 valence electrons. The van der Waals surface area contributed by atoms with Crippen LogP contribution in [0.15, 0.2) is 60.6 Å². The van der Waals surface area contributed by atoms with E-state index in [9.17, 15) is 4.79 Å². The number of carbonyl (C=O) groups is 1. The lowest BCUT2D eigenvalue weighted by Crippen LogP contribution is -2.57. The van der Waals surface area contributed by atoms with Crippen molar-refractivity contribution in [2.75, 3.05) is 32.7 Å². The Kier molecular flexibility index (Phi) is 7.49. The average molecular weight is 431 g/mol. The van der Waals surface area contributed by atoms with Gasteiger partial charge in [0.15, 0.2) is 0 Å². The fourth-order valence-corrected chi connectivity index (χ4v) is 4.19. The van der Waals surface area contributed by atoms with Crippen LogP contribution in [0.3, 0.4) is 0 Å². The Labute approximate surface area is 189 Å². The molecule has 2 aromatic rings. The summed E-state index contributed by atoms with van der Waals surface area (Å²) in [5.74, 6) is 0.0565. The molecule has 0 saturated carbocycles. The molecule has 1 unspecified atom stereocenters. The second-order valence-electron chi connectivity index (χ2n) is 8.36. The van der Waals surface area contributed by atoms with E-state index in [-0.39, 0.29) is 11.9 Å². The third-order valence-electron chi connectivity index (χ3n) is 5.97. The summed E-state index contributed by atoms with van der Waals surface area (Å²) in [5.41, 5.74) is 4.20. The normalized spacial score (nSPS) is 18.7. The molecule has 2 N–H and O–H groups in total. The van der Waals surface area contributed by atoms with Crippen LogP contribution in [-0.2, 0) is 17.8 Å². The predicted molar refractivity (Wildman–Crippen MR) is 124 cm³/mol. The van der Waals surface area contributed by atoms with Crippen LogP contribution in [0, 0.1) is 11.3 Å². The summed E-state index contributed by atoms with van der Waals surface area (Å²) in [4.78, 5) is 19.4. The molecule has 0 bridgehead atoms. The van der Waals surface area contributed by atoms with Gasteiger partial charge in [0.1, 0.15) is 0 Å². The number of nitrogens with one attached hydrogen (secondary N) is 2. The van der Waals surface area contributed by atoms with Crippen molar-refractivity contribution in [2.45, 2.75) is 31.8 Å². The number of imidazole rings is 1. The van der Waals surface area contributed by atoms with E-state index in [0.29, 0.717) is 18.7 Å². The average Bonchev–Trinajstić information content (AvgIpc) is 3.27. The van der Waals surface area contributed by atoms with Crippen LogP contribution in [0.4, 0.5) is 0 Å². The van der Waals surface area contributed by atoms with Crippen molar-refractivity contribution in [2.24, 2.45) is 0 Å². The van der Waals surface area contributed by atoms with Gasteiger partial charge in [-0.1, -0.05) is 30.4 Å². The molecular formula is C25H30N6O. The van der Waals surface area contributed by atoms with E-state index in [1.54, 1.807) is 0 Å². The first-order valence-corrected chi connectivity index (χ1v) is 11.3. The topological polar surface area (TPSA) is 86.0 Å². The number of benzene rings is 1. The van der Waals surface area contributed by atoms with E-state index in [1.165, 1.54) is 5.57 Å². The molecule has 1 atom stereocenters. The number of nitrogens with zero attached hydrogens (tertiary/aromatic N) is 4. The van der Waals surface area contributed by atoms with Crippen LogP contribution in [0.25, 0.3) is 0 Å². The van der Waals surface area contributed by atoms with Gasteiger partial charge in [-0.3, -0.25) is 9.69 Å². The fourth-order valence-electron chi connectivity index (χ4n) is 4.19. The van der Waals surface area contributed by atoms with Crippen molar-refractivity contribution in [1.82, 2.24) is 25.1 Å². The molecule has 1 aromatic carbocycles. The van der Waals surface area contributed by atoms with Gasteiger partial charge in [0.25, 0.3) is 0 Å². The minimum absolute atomic E-state index is 0.0565. The lowest BCUT2D eigenvalue weighted by molar-refractivity contribution is -0.124.